The Morgan fingerprint density at radius 2 is 2.07 bits per heavy atom. The second-order valence-electron chi connectivity index (χ2n) is 3.27. The zero-order valence-corrected chi connectivity index (χ0v) is 8.17. The Labute approximate surface area is 85.9 Å². The minimum absolute atomic E-state index is 0.157. The molecule has 0 aliphatic carbocycles. The number of benzene rings is 1. The molecule has 0 aromatic heterocycles. The number of hydrogen-bond donors (Lipinski definition) is 1. The summed E-state index contributed by atoms with van der Waals surface area (Å²) in [7, 11) is 0. The largest absolute Gasteiger partial charge is 0.416 e. The van der Waals surface area contributed by atoms with Crippen molar-refractivity contribution in [3.05, 3.63) is 41.0 Å². The average molecular weight is 216 g/mol. The summed E-state index contributed by atoms with van der Waals surface area (Å²) >= 11 is 0. The molecule has 0 amide bonds. The maximum atomic E-state index is 12.3. The molecule has 82 valence electrons. The summed E-state index contributed by atoms with van der Waals surface area (Å²) < 4.78 is 37.0. The quantitative estimate of drug-likeness (QED) is 0.805. The first kappa shape index (κ1) is 11.8. The lowest BCUT2D eigenvalue weighted by atomic mass is 10.1. The van der Waals surface area contributed by atoms with Crippen LogP contribution in [0.1, 0.15) is 18.1 Å². The molecular formula is C11H11F3O. The highest BCUT2D eigenvalue weighted by Crippen LogP contribution is 2.29. The second kappa shape index (κ2) is 4.49. The van der Waals surface area contributed by atoms with Gasteiger partial charge >= 0.3 is 6.18 Å². The maximum absolute atomic E-state index is 12.3. The SMILES string of the molecule is C/C(=C/c1cccc(C(F)(F)F)c1)CO. The smallest absolute Gasteiger partial charge is 0.392 e. The van der Waals surface area contributed by atoms with Crippen LogP contribution in [0.4, 0.5) is 13.2 Å². The van der Waals surface area contributed by atoms with Gasteiger partial charge < -0.3 is 5.11 Å². The third-order valence-electron chi connectivity index (χ3n) is 1.88. The van der Waals surface area contributed by atoms with Crippen molar-refractivity contribution in [1.82, 2.24) is 0 Å². The van der Waals surface area contributed by atoms with Crippen molar-refractivity contribution >= 4 is 6.08 Å². The Hall–Kier alpha value is -1.29. The predicted molar refractivity (Wildman–Crippen MR) is 52.2 cm³/mol. The standard InChI is InChI=1S/C11H11F3O/c1-8(7-15)5-9-3-2-4-10(6-9)11(12,13)14/h2-6,15H,7H2,1H3/b8-5-. The van der Waals surface area contributed by atoms with E-state index in [1.54, 1.807) is 13.0 Å². The monoisotopic (exact) mass is 216 g/mol. The summed E-state index contributed by atoms with van der Waals surface area (Å²) in [4.78, 5) is 0. The Balaban J connectivity index is 3.04. The van der Waals surface area contributed by atoms with Crippen LogP contribution < -0.4 is 0 Å². The van der Waals surface area contributed by atoms with Gasteiger partial charge in [-0.15, -0.1) is 0 Å². The lowest BCUT2D eigenvalue weighted by molar-refractivity contribution is -0.137. The van der Waals surface area contributed by atoms with Gasteiger partial charge in [-0.1, -0.05) is 18.2 Å². The molecule has 1 nitrogen and oxygen atoms in total. The molecule has 0 spiro atoms. The first-order chi connectivity index (χ1) is 6.93. The second-order valence-corrected chi connectivity index (χ2v) is 3.27. The number of halogens is 3. The molecule has 1 aromatic carbocycles. The molecular weight excluding hydrogens is 205 g/mol. The van der Waals surface area contributed by atoms with E-state index < -0.39 is 11.7 Å². The van der Waals surface area contributed by atoms with Crippen molar-refractivity contribution in [2.75, 3.05) is 6.61 Å². The zero-order valence-electron chi connectivity index (χ0n) is 8.17. The molecule has 1 aromatic rings. The van der Waals surface area contributed by atoms with Crippen molar-refractivity contribution in [3.63, 3.8) is 0 Å². The van der Waals surface area contributed by atoms with Crippen LogP contribution in [-0.2, 0) is 6.18 Å². The first-order valence-electron chi connectivity index (χ1n) is 4.39. The van der Waals surface area contributed by atoms with Crippen molar-refractivity contribution in [3.8, 4) is 0 Å². The Morgan fingerprint density at radius 3 is 2.60 bits per heavy atom. The minimum atomic E-state index is -4.32. The highest BCUT2D eigenvalue weighted by molar-refractivity contribution is 5.53. The molecule has 0 aliphatic rings. The van der Waals surface area contributed by atoms with Crippen molar-refractivity contribution in [2.45, 2.75) is 13.1 Å². The first-order valence-corrected chi connectivity index (χ1v) is 4.39. The summed E-state index contributed by atoms with van der Waals surface area (Å²) in [6.45, 7) is 1.50. The van der Waals surface area contributed by atoms with Gasteiger partial charge in [0, 0.05) is 0 Å². The normalized spacial score (nSPS) is 13.0. The van der Waals surface area contributed by atoms with Crippen molar-refractivity contribution < 1.29 is 18.3 Å². The molecule has 15 heavy (non-hydrogen) atoms. The van der Waals surface area contributed by atoms with Crippen LogP contribution >= 0.6 is 0 Å². The Morgan fingerprint density at radius 1 is 1.40 bits per heavy atom. The molecule has 0 saturated heterocycles. The van der Waals surface area contributed by atoms with Gasteiger partial charge in [-0.05, 0) is 30.2 Å². The van der Waals surface area contributed by atoms with E-state index in [0.717, 1.165) is 12.1 Å². The van der Waals surface area contributed by atoms with Crippen LogP contribution in [0.15, 0.2) is 29.8 Å². The van der Waals surface area contributed by atoms with Crippen LogP contribution in [-0.4, -0.2) is 11.7 Å². The number of hydrogen-bond acceptors (Lipinski definition) is 1. The highest BCUT2D eigenvalue weighted by Gasteiger charge is 2.30. The fourth-order valence-electron chi connectivity index (χ4n) is 1.13. The van der Waals surface area contributed by atoms with Gasteiger partial charge in [0.1, 0.15) is 0 Å². The van der Waals surface area contributed by atoms with E-state index in [-0.39, 0.29) is 6.61 Å². The predicted octanol–water partition coefficient (Wildman–Crippen LogP) is 3.10. The van der Waals surface area contributed by atoms with Crippen molar-refractivity contribution in [2.24, 2.45) is 0 Å². The molecule has 0 heterocycles. The van der Waals surface area contributed by atoms with E-state index in [1.807, 2.05) is 0 Å². The fourth-order valence-corrected chi connectivity index (χ4v) is 1.13. The molecule has 0 bridgehead atoms. The van der Waals surface area contributed by atoms with Crippen LogP contribution in [0.5, 0.6) is 0 Å². The van der Waals surface area contributed by atoms with E-state index in [4.69, 9.17) is 5.11 Å². The third kappa shape index (κ3) is 3.40. The van der Waals surface area contributed by atoms with Gasteiger partial charge in [-0.3, -0.25) is 0 Å². The zero-order chi connectivity index (χ0) is 11.5. The van der Waals surface area contributed by atoms with Crippen LogP contribution in [0, 0.1) is 0 Å². The van der Waals surface area contributed by atoms with Crippen LogP contribution in [0.3, 0.4) is 0 Å². The molecule has 0 radical (unpaired) electrons. The van der Waals surface area contributed by atoms with Gasteiger partial charge in [0.25, 0.3) is 0 Å². The molecule has 0 atom stereocenters. The van der Waals surface area contributed by atoms with E-state index in [0.29, 0.717) is 11.1 Å². The average Bonchev–Trinajstić information content (AvgIpc) is 2.17. The summed E-state index contributed by atoms with van der Waals surface area (Å²) in [6.07, 6.45) is -2.80. The van der Waals surface area contributed by atoms with E-state index in [9.17, 15) is 13.2 Å². The molecule has 0 aliphatic heterocycles. The Kier molecular flexibility index (Phi) is 3.52. The summed E-state index contributed by atoms with van der Waals surface area (Å²) in [5.74, 6) is 0. The molecule has 1 rings (SSSR count). The number of aliphatic hydroxyl groups is 1. The molecule has 0 saturated carbocycles. The summed E-state index contributed by atoms with van der Waals surface area (Å²) in [6, 6.07) is 4.98. The van der Waals surface area contributed by atoms with Gasteiger partial charge in [0.05, 0.1) is 12.2 Å². The maximum Gasteiger partial charge on any atom is 0.416 e. The van der Waals surface area contributed by atoms with Crippen LogP contribution in [0.2, 0.25) is 0 Å². The van der Waals surface area contributed by atoms with Gasteiger partial charge in [-0.25, -0.2) is 0 Å². The van der Waals surface area contributed by atoms with E-state index in [2.05, 4.69) is 0 Å². The highest BCUT2D eigenvalue weighted by atomic mass is 19.4. The summed E-state index contributed by atoms with van der Waals surface area (Å²) in [5.41, 5.74) is 0.382. The molecule has 1 N–H and O–H groups in total. The third-order valence-corrected chi connectivity index (χ3v) is 1.88. The van der Waals surface area contributed by atoms with Gasteiger partial charge in [-0.2, -0.15) is 13.2 Å². The lowest BCUT2D eigenvalue weighted by Gasteiger charge is -2.07. The summed E-state index contributed by atoms with van der Waals surface area (Å²) in [5, 5.41) is 8.73. The van der Waals surface area contributed by atoms with Gasteiger partial charge in [0.15, 0.2) is 0 Å². The fraction of sp³-hybridized carbons (Fsp3) is 0.273. The lowest BCUT2D eigenvalue weighted by Crippen LogP contribution is -2.04. The van der Waals surface area contributed by atoms with Crippen molar-refractivity contribution in [1.29, 1.82) is 0 Å². The number of alkyl halides is 3. The minimum Gasteiger partial charge on any atom is -0.392 e. The molecule has 0 fully saturated rings. The number of rotatable bonds is 2. The topological polar surface area (TPSA) is 20.2 Å². The van der Waals surface area contributed by atoms with Crippen LogP contribution in [0.25, 0.3) is 6.08 Å². The number of aliphatic hydroxyl groups excluding tert-OH is 1. The molecule has 0 unspecified atom stereocenters. The van der Waals surface area contributed by atoms with E-state index in [1.165, 1.54) is 12.1 Å². The Bertz CT molecular complexity index is 366. The van der Waals surface area contributed by atoms with E-state index >= 15 is 0 Å². The molecule has 4 heteroatoms. The van der Waals surface area contributed by atoms with Gasteiger partial charge in [0.2, 0.25) is 0 Å².